The highest BCUT2D eigenvalue weighted by atomic mass is 19.1. The van der Waals surface area contributed by atoms with Crippen molar-refractivity contribution < 1.29 is 19.1 Å². The van der Waals surface area contributed by atoms with E-state index >= 15 is 0 Å². The molecule has 1 saturated heterocycles. The van der Waals surface area contributed by atoms with Crippen LogP contribution >= 0.6 is 0 Å². The number of fused-ring (bicyclic) bond motifs is 1. The van der Waals surface area contributed by atoms with Crippen molar-refractivity contribution in [2.45, 2.75) is 51.9 Å². The summed E-state index contributed by atoms with van der Waals surface area (Å²) in [6.45, 7) is 3.27. The third kappa shape index (κ3) is 5.09. The molecule has 6 nitrogen and oxygen atoms in total. The Morgan fingerprint density at radius 1 is 1.32 bits per heavy atom. The van der Waals surface area contributed by atoms with Crippen LogP contribution in [-0.4, -0.2) is 44.9 Å². The molecule has 0 radical (unpaired) electrons. The number of likely N-dealkylation sites (tertiary alicyclic amines) is 1. The minimum Gasteiger partial charge on any atom is -0.481 e. The molecule has 0 spiro atoms. The van der Waals surface area contributed by atoms with Crippen molar-refractivity contribution in [2.75, 3.05) is 13.1 Å². The fourth-order valence-electron chi connectivity index (χ4n) is 4.10. The Morgan fingerprint density at radius 2 is 2.14 bits per heavy atom. The summed E-state index contributed by atoms with van der Waals surface area (Å²) in [6.07, 6.45) is 4.89. The molecule has 1 aromatic heterocycles. The highest BCUT2D eigenvalue weighted by Crippen LogP contribution is 2.30. The first-order valence-corrected chi connectivity index (χ1v) is 10.1. The Labute approximate surface area is 164 Å². The Morgan fingerprint density at radius 3 is 2.89 bits per heavy atom. The summed E-state index contributed by atoms with van der Waals surface area (Å²) in [7, 11) is 0. The van der Waals surface area contributed by atoms with Gasteiger partial charge >= 0.3 is 5.97 Å². The van der Waals surface area contributed by atoms with Crippen molar-refractivity contribution in [3.05, 3.63) is 29.8 Å². The van der Waals surface area contributed by atoms with Crippen LogP contribution in [0.15, 0.2) is 18.2 Å². The van der Waals surface area contributed by atoms with E-state index in [1.54, 1.807) is 6.07 Å². The van der Waals surface area contributed by atoms with Crippen LogP contribution in [0.5, 0.6) is 0 Å². The van der Waals surface area contributed by atoms with Crippen molar-refractivity contribution in [2.24, 2.45) is 11.8 Å². The topological polar surface area (TPSA) is 86.3 Å². The minimum atomic E-state index is -0.815. The van der Waals surface area contributed by atoms with Crippen LogP contribution in [0, 0.1) is 17.7 Å². The lowest BCUT2D eigenvalue weighted by atomic mass is 9.81. The molecule has 1 aliphatic rings. The minimum absolute atomic E-state index is 0.00198. The lowest BCUT2D eigenvalue weighted by molar-refractivity contribution is -0.140. The van der Waals surface area contributed by atoms with Gasteiger partial charge in [-0.1, -0.05) is 19.8 Å². The number of nitrogens with zero attached hydrogens (tertiary/aromatic N) is 2. The molecule has 2 heterocycles. The van der Waals surface area contributed by atoms with Crippen molar-refractivity contribution in [1.82, 2.24) is 14.9 Å². The van der Waals surface area contributed by atoms with Gasteiger partial charge in [-0.2, -0.15) is 0 Å². The first kappa shape index (κ1) is 20.3. The molecule has 3 rings (SSSR count). The van der Waals surface area contributed by atoms with Gasteiger partial charge in [0.15, 0.2) is 0 Å². The predicted molar refractivity (Wildman–Crippen MR) is 104 cm³/mol. The highest BCUT2D eigenvalue weighted by Gasteiger charge is 2.33. The van der Waals surface area contributed by atoms with Crippen LogP contribution < -0.4 is 0 Å². The van der Waals surface area contributed by atoms with Gasteiger partial charge in [0.1, 0.15) is 11.6 Å². The lowest BCUT2D eigenvalue weighted by Crippen LogP contribution is -2.45. The predicted octanol–water partition coefficient (Wildman–Crippen LogP) is 3.76. The van der Waals surface area contributed by atoms with Gasteiger partial charge in [-0.25, -0.2) is 9.37 Å². The number of nitrogens with one attached hydrogen (secondary N) is 1. The molecule has 28 heavy (non-hydrogen) atoms. The summed E-state index contributed by atoms with van der Waals surface area (Å²) < 4.78 is 13.4. The van der Waals surface area contributed by atoms with E-state index in [2.05, 4.69) is 16.9 Å². The van der Waals surface area contributed by atoms with Crippen molar-refractivity contribution in [1.29, 1.82) is 0 Å². The molecule has 1 aromatic carbocycles. The molecule has 7 heteroatoms. The summed E-state index contributed by atoms with van der Waals surface area (Å²) >= 11 is 0. The molecule has 1 aliphatic heterocycles. The third-order valence-electron chi connectivity index (χ3n) is 5.62. The first-order chi connectivity index (χ1) is 13.5. The van der Waals surface area contributed by atoms with Gasteiger partial charge in [0.05, 0.1) is 11.0 Å². The van der Waals surface area contributed by atoms with Gasteiger partial charge in [-0.05, 0) is 42.9 Å². The van der Waals surface area contributed by atoms with Gasteiger partial charge in [0, 0.05) is 32.4 Å². The van der Waals surface area contributed by atoms with Crippen molar-refractivity contribution >= 4 is 22.9 Å². The van der Waals surface area contributed by atoms with Gasteiger partial charge in [-0.15, -0.1) is 0 Å². The maximum absolute atomic E-state index is 13.4. The van der Waals surface area contributed by atoms with Crippen molar-refractivity contribution in [3.8, 4) is 0 Å². The number of unbranched alkanes of at least 4 members (excludes halogenated alkanes) is 2. The number of carboxylic acid groups (broad SMARTS) is 1. The number of amides is 1. The zero-order valence-corrected chi connectivity index (χ0v) is 16.3. The van der Waals surface area contributed by atoms with E-state index in [1.165, 1.54) is 12.1 Å². The summed E-state index contributed by atoms with van der Waals surface area (Å²) in [5, 5.41) is 9.27. The monoisotopic (exact) mass is 389 g/mol. The summed E-state index contributed by atoms with van der Waals surface area (Å²) in [4.78, 5) is 33.3. The summed E-state index contributed by atoms with van der Waals surface area (Å²) in [5.41, 5.74) is 1.32. The fourth-order valence-corrected chi connectivity index (χ4v) is 4.10. The number of aliphatic carboxylic acids is 1. The number of rotatable bonds is 8. The maximum Gasteiger partial charge on any atom is 0.303 e. The number of carbonyl (C=O) groups excluding carboxylic acids is 1. The SMILES string of the molecule is CCCCCC(=O)N1CCC(CC(=O)O)C(Cc2nc3ccc(F)cc3[nH]2)C1. The number of piperidine rings is 1. The van der Waals surface area contributed by atoms with Crippen LogP contribution in [0.3, 0.4) is 0 Å². The number of benzene rings is 1. The Kier molecular flexibility index (Phi) is 6.65. The van der Waals surface area contributed by atoms with Gasteiger partial charge in [-0.3, -0.25) is 9.59 Å². The van der Waals surface area contributed by atoms with Crippen LogP contribution in [0.2, 0.25) is 0 Å². The molecule has 2 aromatic rings. The highest BCUT2D eigenvalue weighted by molar-refractivity contribution is 5.76. The van der Waals surface area contributed by atoms with E-state index in [1.807, 2.05) is 4.90 Å². The molecule has 2 unspecified atom stereocenters. The van der Waals surface area contributed by atoms with Crippen LogP contribution in [0.1, 0.15) is 51.3 Å². The van der Waals surface area contributed by atoms with Crippen LogP contribution in [0.4, 0.5) is 4.39 Å². The van der Waals surface area contributed by atoms with E-state index in [0.29, 0.717) is 49.2 Å². The second-order valence-electron chi connectivity index (χ2n) is 7.75. The van der Waals surface area contributed by atoms with E-state index in [4.69, 9.17) is 0 Å². The third-order valence-corrected chi connectivity index (χ3v) is 5.62. The molecular weight excluding hydrogens is 361 g/mol. The first-order valence-electron chi connectivity index (χ1n) is 10.1. The molecule has 1 fully saturated rings. The number of hydrogen-bond acceptors (Lipinski definition) is 3. The standard InChI is InChI=1S/C21H28FN3O3/c1-2-3-4-5-20(26)25-9-8-14(11-21(27)28)15(13-25)10-19-23-17-7-6-16(22)12-18(17)24-19/h6-7,12,14-15H,2-5,8-11,13H2,1H3,(H,23,24)(H,27,28). The van der Waals surface area contributed by atoms with E-state index in [9.17, 15) is 19.1 Å². The van der Waals surface area contributed by atoms with Crippen LogP contribution in [0.25, 0.3) is 11.0 Å². The molecule has 2 N–H and O–H groups in total. The number of carboxylic acids is 1. The number of hydrogen-bond donors (Lipinski definition) is 2. The van der Waals surface area contributed by atoms with E-state index < -0.39 is 5.97 Å². The fraction of sp³-hybridized carbons (Fsp3) is 0.571. The van der Waals surface area contributed by atoms with E-state index in [-0.39, 0.29) is 30.0 Å². The average Bonchev–Trinajstić information content (AvgIpc) is 3.04. The second-order valence-corrected chi connectivity index (χ2v) is 7.75. The number of aromatic amines is 1. The number of imidazole rings is 1. The van der Waals surface area contributed by atoms with Gasteiger partial charge in [0.2, 0.25) is 5.91 Å². The second kappa shape index (κ2) is 9.17. The Hall–Kier alpha value is -2.44. The molecular formula is C21H28FN3O3. The molecule has 0 saturated carbocycles. The number of halogens is 1. The molecule has 1 amide bonds. The maximum atomic E-state index is 13.4. The molecule has 152 valence electrons. The Balaban J connectivity index is 1.72. The van der Waals surface area contributed by atoms with E-state index in [0.717, 1.165) is 19.3 Å². The normalized spacial score (nSPS) is 19.9. The lowest BCUT2D eigenvalue weighted by Gasteiger charge is -2.38. The summed E-state index contributed by atoms with van der Waals surface area (Å²) in [5.74, 6) is -0.259. The van der Waals surface area contributed by atoms with Gasteiger partial charge < -0.3 is 15.0 Å². The van der Waals surface area contributed by atoms with Crippen molar-refractivity contribution in [3.63, 3.8) is 0 Å². The smallest absolute Gasteiger partial charge is 0.303 e. The zero-order valence-electron chi connectivity index (χ0n) is 16.3. The van der Waals surface area contributed by atoms with Crippen LogP contribution in [-0.2, 0) is 16.0 Å². The number of carbonyl (C=O) groups is 2. The average molecular weight is 389 g/mol. The number of H-pyrrole nitrogens is 1. The largest absolute Gasteiger partial charge is 0.481 e. The molecule has 0 aliphatic carbocycles. The molecule has 0 bridgehead atoms. The summed E-state index contributed by atoms with van der Waals surface area (Å²) in [6, 6.07) is 4.41. The zero-order chi connectivity index (χ0) is 20.1. The quantitative estimate of drug-likeness (QED) is 0.673. The number of aromatic nitrogens is 2. The van der Waals surface area contributed by atoms with Gasteiger partial charge in [0.25, 0.3) is 0 Å². The molecule has 2 atom stereocenters. The Bertz CT molecular complexity index is 835.